The van der Waals surface area contributed by atoms with Crippen LogP contribution in [0.1, 0.15) is 0 Å². The molecule has 4 aromatic carbocycles. The number of pyridine rings is 1. The average Bonchev–Trinajstić information content (AvgIpc) is 3.42. The third kappa shape index (κ3) is 4.69. The average molecular weight is 468 g/mol. The number of rotatable bonds is 2. The molecule has 1 aromatic heterocycles. The molecule has 0 bridgehead atoms. The second-order valence-electron chi connectivity index (χ2n) is 6.22. The molecule has 28 heavy (non-hydrogen) atoms. The Morgan fingerprint density at radius 1 is 0.714 bits per heavy atom. The van der Waals surface area contributed by atoms with Gasteiger partial charge >= 0.3 is 0 Å². The van der Waals surface area contributed by atoms with Crippen LogP contribution in [0.4, 0.5) is 0 Å². The summed E-state index contributed by atoms with van der Waals surface area (Å²) in [6.45, 7) is 0. The van der Waals surface area contributed by atoms with E-state index in [1.54, 1.807) is 0 Å². The standard InChI is InChI=1S/C20H13BrN.C5H5.Fe/c21-18-13-16(12-17(18)14-6-2-1-3-7-14)20-11-10-15-8-4-5-9-19(15)22-20;1-2-4-5-3-1;/h1-13H;1-5H;/q-1;-5;. The van der Waals surface area contributed by atoms with E-state index in [1.807, 2.05) is 48.5 Å². The van der Waals surface area contributed by atoms with Crippen molar-refractivity contribution in [2.75, 3.05) is 0 Å². The third-order valence-corrected chi connectivity index (χ3v) is 5.03. The topological polar surface area (TPSA) is 12.9 Å². The second-order valence-corrected chi connectivity index (χ2v) is 7.08. The Labute approximate surface area is 184 Å². The summed E-state index contributed by atoms with van der Waals surface area (Å²) < 4.78 is 1.10. The molecule has 0 saturated heterocycles. The van der Waals surface area contributed by atoms with Gasteiger partial charge in [0.05, 0.1) is 5.52 Å². The summed E-state index contributed by atoms with van der Waals surface area (Å²) in [5.74, 6) is 0. The van der Waals surface area contributed by atoms with Crippen molar-refractivity contribution in [1.29, 1.82) is 0 Å². The van der Waals surface area contributed by atoms with Gasteiger partial charge in [0.25, 0.3) is 0 Å². The van der Waals surface area contributed by atoms with E-state index >= 15 is 0 Å². The maximum atomic E-state index is 4.77. The molecule has 1 nitrogen and oxygen atoms in total. The fourth-order valence-corrected chi connectivity index (χ4v) is 3.60. The van der Waals surface area contributed by atoms with Crippen LogP contribution in [-0.4, -0.2) is 4.98 Å². The van der Waals surface area contributed by atoms with E-state index in [0.29, 0.717) is 0 Å². The van der Waals surface area contributed by atoms with Crippen molar-refractivity contribution in [3.63, 3.8) is 0 Å². The van der Waals surface area contributed by atoms with E-state index in [0.717, 1.165) is 21.2 Å². The Hall–Kier alpha value is -2.45. The number of nitrogens with zero attached hydrogens (tertiary/aromatic N) is 1. The Morgan fingerprint density at radius 3 is 2.07 bits per heavy atom. The van der Waals surface area contributed by atoms with Gasteiger partial charge in [0.15, 0.2) is 0 Å². The molecule has 0 saturated carbocycles. The van der Waals surface area contributed by atoms with Gasteiger partial charge in [0.1, 0.15) is 0 Å². The molecule has 0 radical (unpaired) electrons. The van der Waals surface area contributed by atoms with Crippen LogP contribution in [0.2, 0.25) is 0 Å². The Bertz CT molecular complexity index is 1110. The van der Waals surface area contributed by atoms with Gasteiger partial charge in [0, 0.05) is 28.1 Å². The van der Waals surface area contributed by atoms with Crippen molar-refractivity contribution >= 4 is 26.8 Å². The first-order chi connectivity index (χ1) is 13.3. The quantitative estimate of drug-likeness (QED) is 0.194. The zero-order chi connectivity index (χ0) is 18.5. The Balaban J connectivity index is 0.000000329. The molecule has 0 aliphatic heterocycles. The number of benzene rings is 2. The van der Waals surface area contributed by atoms with E-state index in [4.69, 9.17) is 4.98 Å². The molecule has 5 rings (SSSR count). The number of halogens is 1. The molecule has 144 valence electrons. The molecule has 0 amide bonds. The number of aromatic nitrogens is 1. The first-order valence-electron chi connectivity index (χ1n) is 8.86. The first kappa shape index (κ1) is 20.3. The van der Waals surface area contributed by atoms with Crippen LogP contribution in [0, 0.1) is 0 Å². The van der Waals surface area contributed by atoms with Crippen LogP contribution < -0.4 is 0 Å². The van der Waals surface area contributed by atoms with Crippen molar-refractivity contribution in [2.24, 2.45) is 0 Å². The predicted molar refractivity (Wildman–Crippen MR) is 118 cm³/mol. The SMILES string of the molecule is Br[c-]1cc(-c2ccc3ccccc3n2)cc1-c1ccccc1.[Fe].[cH-]1[cH-][cH-][cH-][cH-]1. The summed E-state index contributed by atoms with van der Waals surface area (Å²) >= 11 is 3.67. The van der Waals surface area contributed by atoms with Gasteiger partial charge in [-0.2, -0.15) is 6.07 Å². The van der Waals surface area contributed by atoms with E-state index in [9.17, 15) is 0 Å². The number of hydrogen-bond acceptors (Lipinski definition) is 1. The molecule has 0 aliphatic rings. The van der Waals surface area contributed by atoms with Crippen molar-refractivity contribution < 1.29 is 17.1 Å². The fraction of sp³-hybridized carbons (Fsp3) is 0. The van der Waals surface area contributed by atoms with E-state index < -0.39 is 0 Å². The van der Waals surface area contributed by atoms with Gasteiger partial charge in [-0.1, -0.05) is 64.6 Å². The van der Waals surface area contributed by atoms with Crippen LogP contribution in [0.25, 0.3) is 33.3 Å². The van der Waals surface area contributed by atoms with E-state index in [1.165, 1.54) is 16.5 Å². The minimum atomic E-state index is 0. The molecule has 5 aromatic rings. The molecule has 0 unspecified atom stereocenters. The molecule has 0 fully saturated rings. The molecule has 0 N–H and O–H groups in total. The predicted octanol–water partition coefficient (Wildman–Crippen LogP) is 7.45. The van der Waals surface area contributed by atoms with E-state index in [-0.39, 0.29) is 17.1 Å². The summed E-state index contributed by atoms with van der Waals surface area (Å²) in [7, 11) is 0. The van der Waals surface area contributed by atoms with Gasteiger partial charge in [-0.05, 0) is 12.1 Å². The van der Waals surface area contributed by atoms with Crippen LogP contribution in [-0.2, 0) is 17.1 Å². The van der Waals surface area contributed by atoms with Gasteiger partial charge in [-0.3, -0.25) is 4.98 Å². The smallest absolute Gasteiger partial charge is 0.0699 e. The number of fused-ring (bicyclic) bond motifs is 1. The van der Waals surface area contributed by atoms with Gasteiger partial charge in [-0.25, -0.2) is 0 Å². The van der Waals surface area contributed by atoms with Crippen LogP contribution in [0.15, 0.2) is 114 Å². The number of hydrogen-bond donors (Lipinski definition) is 0. The third-order valence-electron chi connectivity index (χ3n) is 4.37. The van der Waals surface area contributed by atoms with Gasteiger partial charge in [-0.15, -0.1) is 33.1 Å². The molecule has 0 atom stereocenters. The summed E-state index contributed by atoms with van der Waals surface area (Å²) in [5, 5.41) is 1.17. The van der Waals surface area contributed by atoms with Gasteiger partial charge in [0.2, 0.25) is 0 Å². The van der Waals surface area contributed by atoms with Crippen LogP contribution in [0.3, 0.4) is 0 Å². The first-order valence-corrected chi connectivity index (χ1v) is 9.65. The van der Waals surface area contributed by atoms with Crippen molar-refractivity contribution in [3.8, 4) is 22.4 Å². The summed E-state index contributed by atoms with van der Waals surface area (Å²) in [6, 6.07) is 37.1. The maximum Gasteiger partial charge on any atom is 0.0699 e. The van der Waals surface area contributed by atoms with Crippen LogP contribution in [0.5, 0.6) is 0 Å². The van der Waals surface area contributed by atoms with E-state index in [2.05, 4.69) is 76.6 Å². The molecule has 0 spiro atoms. The fourth-order valence-electron chi connectivity index (χ4n) is 3.01. The summed E-state index contributed by atoms with van der Waals surface area (Å²) in [4.78, 5) is 4.77. The van der Waals surface area contributed by atoms with Crippen LogP contribution >= 0.6 is 15.9 Å². The second kappa shape index (κ2) is 9.66. The monoisotopic (exact) mass is 467 g/mol. The normalized spacial score (nSPS) is 10.0. The van der Waals surface area contributed by atoms with Gasteiger partial charge < -0.3 is 30.3 Å². The Morgan fingerprint density at radius 2 is 1.36 bits per heavy atom. The minimum Gasteiger partial charge on any atom is -0.748 e. The maximum absolute atomic E-state index is 4.77. The zero-order valence-electron chi connectivity index (χ0n) is 15.1. The molecule has 1 heterocycles. The minimum absolute atomic E-state index is 0. The number of para-hydroxylation sites is 1. The van der Waals surface area contributed by atoms with Crippen molar-refractivity contribution in [1.82, 2.24) is 4.98 Å². The molecular weight excluding hydrogens is 450 g/mol. The van der Waals surface area contributed by atoms with Crippen molar-refractivity contribution in [2.45, 2.75) is 0 Å². The largest absolute Gasteiger partial charge is 0.748 e. The summed E-state index contributed by atoms with van der Waals surface area (Å²) in [6.07, 6.45) is 0. The molecule has 0 aliphatic carbocycles. The van der Waals surface area contributed by atoms with Crippen molar-refractivity contribution in [3.05, 3.63) is 114 Å². The molecular formula is C25H18BrFeN-6. The summed E-state index contributed by atoms with van der Waals surface area (Å²) in [5.41, 5.74) is 5.57. The zero-order valence-corrected chi connectivity index (χ0v) is 17.8. The Kier molecular flexibility index (Phi) is 7.00. The molecule has 3 heteroatoms.